The highest BCUT2D eigenvalue weighted by molar-refractivity contribution is 7.80. The van der Waals surface area contributed by atoms with Gasteiger partial charge in [-0.2, -0.15) is 0 Å². The molecular formula is C15H22N2OS. The minimum Gasteiger partial charge on any atom is -0.345 e. The molecule has 0 saturated carbocycles. The second-order valence-electron chi connectivity index (χ2n) is 5.53. The average molecular weight is 278 g/mol. The summed E-state index contributed by atoms with van der Waals surface area (Å²) in [4.78, 5) is 17.3. The number of hydrogen-bond acceptors (Lipinski definition) is 3. The number of likely N-dealkylation sites (tertiary alicyclic amines) is 1. The van der Waals surface area contributed by atoms with Gasteiger partial charge in [-0.15, -0.1) is 12.6 Å². The topological polar surface area (TPSA) is 23.6 Å². The van der Waals surface area contributed by atoms with Crippen LogP contribution >= 0.6 is 12.6 Å². The molecule has 4 heteroatoms. The van der Waals surface area contributed by atoms with Gasteiger partial charge in [0.25, 0.3) is 0 Å². The van der Waals surface area contributed by atoms with E-state index in [1.165, 1.54) is 6.42 Å². The van der Waals surface area contributed by atoms with Crippen molar-refractivity contribution < 1.29 is 4.79 Å². The predicted molar refractivity (Wildman–Crippen MR) is 80.6 cm³/mol. The van der Waals surface area contributed by atoms with E-state index in [-0.39, 0.29) is 5.91 Å². The van der Waals surface area contributed by atoms with Gasteiger partial charge in [0.2, 0.25) is 5.91 Å². The average Bonchev–Trinajstić information content (AvgIpc) is 2.77. The van der Waals surface area contributed by atoms with Crippen LogP contribution in [0.3, 0.4) is 0 Å². The van der Waals surface area contributed by atoms with Crippen LogP contribution in [0.25, 0.3) is 0 Å². The molecule has 1 heterocycles. The Bertz CT molecular complexity index is 432. The van der Waals surface area contributed by atoms with Gasteiger partial charge in [0.05, 0.1) is 6.42 Å². The number of carbonyl (C=O) groups is 1. The summed E-state index contributed by atoms with van der Waals surface area (Å²) in [7, 11) is 4.05. The van der Waals surface area contributed by atoms with Crippen LogP contribution in [0.15, 0.2) is 29.2 Å². The van der Waals surface area contributed by atoms with Crippen LogP contribution in [0.4, 0.5) is 0 Å². The fraction of sp³-hybridized carbons (Fsp3) is 0.533. The molecule has 3 nitrogen and oxygen atoms in total. The van der Waals surface area contributed by atoms with Crippen molar-refractivity contribution in [3.05, 3.63) is 29.8 Å². The second-order valence-corrected chi connectivity index (χ2v) is 6.05. The first-order chi connectivity index (χ1) is 9.04. The van der Waals surface area contributed by atoms with E-state index in [1.807, 2.05) is 36.2 Å². The number of rotatable bonds is 4. The van der Waals surface area contributed by atoms with Crippen molar-refractivity contribution in [1.82, 2.24) is 9.80 Å². The molecule has 1 unspecified atom stereocenters. The van der Waals surface area contributed by atoms with E-state index in [2.05, 4.69) is 24.6 Å². The molecule has 0 N–H and O–H groups in total. The van der Waals surface area contributed by atoms with Crippen LogP contribution in [0.5, 0.6) is 0 Å². The van der Waals surface area contributed by atoms with Crippen LogP contribution in [-0.2, 0) is 11.2 Å². The van der Waals surface area contributed by atoms with Gasteiger partial charge in [0, 0.05) is 25.0 Å². The molecule has 0 bridgehead atoms. The molecule has 104 valence electrons. The van der Waals surface area contributed by atoms with Crippen LogP contribution in [0.1, 0.15) is 12.0 Å². The summed E-state index contributed by atoms with van der Waals surface area (Å²) in [5, 5.41) is 0. The first-order valence-electron chi connectivity index (χ1n) is 6.75. The Balaban J connectivity index is 1.83. The van der Waals surface area contributed by atoms with E-state index < -0.39 is 0 Å². The maximum atomic E-state index is 12.2. The fourth-order valence-electron chi connectivity index (χ4n) is 2.59. The van der Waals surface area contributed by atoms with Crippen molar-refractivity contribution in [1.29, 1.82) is 0 Å². The summed E-state index contributed by atoms with van der Waals surface area (Å²) in [5.74, 6) is 0.820. The molecular weight excluding hydrogens is 256 g/mol. The van der Waals surface area contributed by atoms with Gasteiger partial charge < -0.3 is 9.80 Å². The van der Waals surface area contributed by atoms with Gasteiger partial charge in [-0.25, -0.2) is 0 Å². The van der Waals surface area contributed by atoms with Crippen molar-refractivity contribution >= 4 is 18.5 Å². The van der Waals surface area contributed by atoms with Crippen LogP contribution in [0.2, 0.25) is 0 Å². The Kier molecular flexibility index (Phi) is 4.88. The molecule has 19 heavy (non-hydrogen) atoms. The lowest BCUT2D eigenvalue weighted by Crippen LogP contribution is -2.33. The minimum atomic E-state index is 0.196. The Hall–Kier alpha value is -1.00. The molecule has 1 aliphatic heterocycles. The van der Waals surface area contributed by atoms with E-state index in [4.69, 9.17) is 0 Å². The highest BCUT2D eigenvalue weighted by Gasteiger charge is 2.22. The third-order valence-electron chi connectivity index (χ3n) is 3.74. The van der Waals surface area contributed by atoms with Crippen LogP contribution in [-0.4, -0.2) is 49.4 Å². The smallest absolute Gasteiger partial charge is 0.226 e. The van der Waals surface area contributed by atoms with Gasteiger partial charge in [0.15, 0.2) is 0 Å². The first-order valence-corrected chi connectivity index (χ1v) is 7.19. The van der Waals surface area contributed by atoms with Gasteiger partial charge in [-0.05, 0) is 43.6 Å². The highest BCUT2D eigenvalue weighted by Crippen LogP contribution is 2.16. The molecule has 0 aliphatic carbocycles. The zero-order valence-corrected chi connectivity index (χ0v) is 12.6. The van der Waals surface area contributed by atoms with Gasteiger partial charge in [0.1, 0.15) is 0 Å². The maximum absolute atomic E-state index is 12.2. The second kappa shape index (κ2) is 6.44. The van der Waals surface area contributed by atoms with Crippen molar-refractivity contribution in [3.8, 4) is 0 Å². The lowest BCUT2D eigenvalue weighted by atomic mass is 10.1. The summed E-state index contributed by atoms with van der Waals surface area (Å²) in [6.07, 6.45) is 1.68. The number of amides is 1. The van der Waals surface area contributed by atoms with Gasteiger partial charge >= 0.3 is 0 Å². The number of hydrogen-bond donors (Lipinski definition) is 1. The highest BCUT2D eigenvalue weighted by atomic mass is 32.1. The standard InChI is InChI=1S/C15H22N2OS/c1-16-8-7-13(10-16)11-17(2)15(18)9-12-3-5-14(19)6-4-12/h3-6,13,19H,7-11H2,1-2H3. The Morgan fingerprint density at radius 2 is 2.11 bits per heavy atom. The maximum Gasteiger partial charge on any atom is 0.226 e. The molecule has 1 aromatic rings. The Morgan fingerprint density at radius 3 is 2.68 bits per heavy atom. The third kappa shape index (κ3) is 4.25. The summed E-state index contributed by atoms with van der Waals surface area (Å²) in [6, 6.07) is 7.80. The summed E-state index contributed by atoms with van der Waals surface area (Å²) < 4.78 is 0. The molecule has 0 aromatic heterocycles. The number of benzene rings is 1. The minimum absolute atomic E-state index is 0.196. The quantitative estimate of drug-likeness (QED) is 0.851. The lowest BCUT2D eigenvalue weighted by Gasteiger charge is -2.21. The van der Waals surface area contributed by atoms with E-state index >= 15 is 0 Å². The van der Waals surface area contributed by atoms with Gasteiger partial charge in [-0.1, -0.05) is 12.1 Å². The molecule has 1 fully saturated rings. The van der Waals surface area contributed by atoms with Crippen molar-refractivity contribution in [2.45, 2.75) is 17.7 Å². The molecule has 1 aliphatic rings. The Morgan fingerprint density at radius 1 is 1.42 bits per heavy atom. The van der Waals surface area contributed by atoms with Crippen molar-refractivity contribution in [2.24, 2.45) is 5.92 Å². The molecule has 1 aromatic carbocycles. The fourth-order valence-corrected chi connectivity index (χ4v) is 2.74. The van der Waals surface area contributed by atoms with E-state index in [9.17, 15) is 4.79 Å². The first kappa shape index (κ1) is 14.4. The molecule has 0 spiro atoms. The van der Waals surface area contributed by atoms with Crippen LogP contribution < -0.4 is 0 Å². The number of likely N-dealkylation sites (N-methyl/N-ethyl adjacent to an activating group) is 1. The molecule has 1 amide bonds. The summed E-state index contributed by atoms with van der Waals surface area (Å²) in [5.41, 5.74) is 1.05. The molecule has 1 atom stereocenters. The monoisotopic (exact) mass is 278 g/mol. The van der Waals surface area contributed by atoms with E-state index in [1.54, 1.807) is 0 Å². The SMILES string of the molecule is CN1CCC(CN(C)C(=O)Cc2ccc(S)cc2)C1. The largest absolute Gasteiger partial charge is 0.345 e. The third-order valence-corrected chi connectivity index (χ3v) is 4.04. The zero-order chi connectivity index (χ0) is 13.8. The zero-order valence-electron chi connectivity index (χ0n) is 11.7. The normalized spacial score (nSPS) is 19.6. The summed E-state index contributed by atoms with van der Waals surface area (Å²) in [6.45, 7) is 3.12. The van der Waals surface area contributed by atoms with Crippen LogP contribution in [0, 0.1) is 5.92 Å². The van der Waals surface area contributed by atoms with Gasteiger partial charge in [-0.3, -0.25) is 4.79 Å². The number of carbonyl (C=O) groups excluding carboxylic acids is 1. The number of thiol groups is 1. The van der Waals surface area contributed by atoms with Crippen molar-refractivity contribution in [3.63, 3.8) is 0 Å². The molecule has 2 rings (SSSR count). The lowest BCUT2D eigenvalue weighted by molar-refractivity contribution is -0.129. The van der Waals surface area contributed by atoms with E-state index in [0.29, 0.717) is 12.3 Å². The molecule has 1 saturated heterocycles. The molecule has 0 radical (unpaired) electrons. The Labute approximate surface area is 121 Å². The predicted octanol–water partition coefficient (Wildman–Crippen LogP) is 1.93. The number of nitrogens with zero attached hydrogens (tertiary/aromatic N) is 2. The van der Waals surface area contributed by atoms with Crippen molar-refractivity contribution in [2.75, 3.05) is 33.7 Å². The van der Waals surface area contributed by atoms with E-state index in [0.717, 1.165) is 30.1 Å². The summed E-state index contributed by atoms with van der Waals surface area (Å²) >= 11 is 4.25.